The fourth-order valence-electron chi connectivity index (χ4n) is 1.42. The molecule has 0 heterocycles. The number of nitro groups is 1. The Hall–Kier alpha value is -1.22. The van der Waals surface area contributed by atoms with Gasteiger partial charge in [-0.25, -0.2) is 13.1 Å². The van der Waals surface area contributed by atoms with Gasteiger partial charge in [0.2, 0.25) is 10.0 Å². The molecule has 114 valence electrons. The average molecular weight is 324 g/mol. The lowest BCUT2D eigenvalue weighted by molar-refractivity contribution is -0.385. The van der Waals surface area contributed by atoms with Gasteiger partial charge in [0.1, 0.15) is 0 Å². The summed E-state index contributed by atoms with van der Waals surface area (Å²) in [4.78, 5) is 9.87. The van der Waals surface area contributed by atoms with E-state index in [1.165, 1.54) is 18.2 Å². The van der Waals surface area contributed by atoms with Crippen LogP contribution in [-0.4, -0.2) is 33.0 Å². The molecule has 9 heteroatoms. The Bertz CT molecular complexity index is 536. The molecule has 0 atom stereocenters. The highest BCUT2D eigenvalue weighted by Crippen LogP contribution is 2.16. The summed E-state index contributed by atoms with van der Waals surface area (Å²) in [5, 5.41) is 13.6. The summed E-state index contributed by atoms with van der Waals surface area (Å²) in [6, 6.07) is 4.97. The lowest BCUT2D eigenvalue weighted by Gasteiger charge is -2.07. The molecule has 0 aromatic heterocycles. The minimum Gasteiger partial charge on any atom is -0.315 e. The third kappa shape index (κ3) is 5.83. The first-order chi connectivity index (χ1) is 8.97. The third-order valence-electron chi connectivity index (χ3n) is 2.36. The van der Waals surface area contributed by atoms with Crippen molar-refractivity contribution >= 4 is 28.1 Å². The molecule has 0 saturated heterocycles. The summed E-state index contributed by atoms with van der Waals surface area (Å²) in [6.07, 6.45) is 0.970. The lowest BCUT2D eigenvalue weighted by Crippen LogP contribution is -2.32. The van der Waals surface area contributed by atoms with Crippen LogP contribution in [-0.2, 0) is 10.0 Å². The molecule has 0 spiro atoms. The Morgan fingerprint density at radius 1 is 1.25 bits per heavy atom. The van der Waals surface area contributed by atoms with E-state index in [1.807, 2.05) is 6.92 Å². The van der Waals surface area contributed by atoms with Gasteiger partial charge in [0.15, 0.2) is 0 Å². The SMILES string of the molecule is CCCNCCNS(=O)(=O)c1cccc([N+](=O)[O-])c1.Cl. The fraction of sp³-hybridized carbons (Fsp3) is 0.455. The quantitative estimate of drug-likeness (QED) is 0.426. The zero-order chi connectivity index (χ0) is 14.3. The summed E-state index contributed by atoms with van der Waals surface area (Å²) in [6.45, 7) is 3.59. The number of nitrogens with one attached hydrogen (secondary N) is 2. The predicted octanol–water partition coefficient (Wildman–Crippen LogP) is 1.29. The molecule has 0 amide bonds. The van der Waals surface area contributed by atoms with E-state index in [0.717, 1.165) is 19.0 Å². The zero-order valence-corrected chi connectivity index (χ0v) is 12.7. The molecule has 0 bridgehead atoms. The fourth-order valence-corrected chi connectivity index (χ4v) is 2.49. The van der Waals surface area contributed by atoms with E-state index in [2.05, 4.69) is 10.0 Å². The average Bonchev–Trinajstić information content (AvgIpc) is 2.38. The van der Waals surface area contributed by atoms with Gasteiger partial charge in [-0.15, -0.1) is 12.4 Å². The number of halogens is 1. The molecule has 7 nitrogen and oxygen atoms in total. The summed E-state index contributed by atoms with van der Waals surface area (Å²) in [5.41, 5.74) is -0.244. The van der Waals surface area contributed by atoms with Gasteiger partial charge in [0.25, 0.3) is 5.69 Å². The molecular formula is C11H18ClN3O4S. The van der Waals surface area contributed by atoms with Crippen molar-refractivity contribution in [3.8, 4) is 0 Å². The topological polar surface area (TPSA) is 101 Å². The Morgan fingerprint density at radius 2 is 1.95 bits per heavy atom. The smallest absolute Gasteiger partial charge is 0.270 e. The Balaban J connectivity index is 0.00000361. The van der Waals surface area contributed by atoms with Crippen LogP contribution in [0.1, 0.15) is 13.3 Å². The summed E-state index contributed by atoms with van der Waals surface area (Å²) in [7, 11) is -3.70. The highest BCUT2D eigenvalue weighted by atomic mass is 35.5. The van der Waals surface area contributed by atoms with Gasteiger partial charge in [-0.2, -0.15) is 0 Å². The highest BCUT2D eigenvalue weighted by molar-refractivity contribution is 7.89. The molecular weight excluding hydrogens is 306 g/mol. The minimum atomic E-state index is -3.70. The summed E-state index contributed by atoms with van der Waals surface area (Å²) >= 11 is 0. The Morgan fingerprint density at radius 3 is 2.55 bits per heavy atom. The molecule has 0 radical (unpaired) electrons. The maximum atomic E-state index is 11.9. The van der Waals surface area contributed by atoms with Crippen molar-refractivity contribution in [2.45, 2.75) is 18.2 Å². The number of nitrogens with zero attached hydrogens (tertiary/aromatic N) is 1. The van der Waals surface area contributed by atoms with E-state index in [9.17, 15) is 18.5 Å². The van der Waals surface area contributed by atoms with Gasteiger partial charge in [-0.1, -0.05) is 13.0 Å². The Kier molecular flexibility index (Phi) is 8.31. The van der Waals surface area contributed by atoms with Crippen LogP contribution in [0.3, 0.4) is 0 Å². The van der Waals surface area contributed by atoms with Gasteiger partial charge >= 0.3 is 0 Å². The minimum absolute atomic E-state index is 0. The standard InChI is InChI=1S/C11H17N3O4S.ClH/c1-2-6-12-7-8-13-19(17,18)11-5-3-4-10(9-11)14(15)16;/h3-5,9,12-13H,2,6-8H2,1H3;1H. The van der Waals surface area contributed by atoms with E-state index < -0.39 is 14.9 Å². The molecule has 20 heavy (non-hydrogen) atoms. The summed E-state index contributed by atoms with van der Waals surface area (Å²) in [5.74, 6) is 0. The second kappa shape index (κ2) is 8.85. The van der Waals surface area contributed by atoms with Crippen molar-refractivity contribution in [2.75, 3.05) is 19.6 Å². The predicted molar refractivity (Wildman–Crippen MR) is 78.7 cm³/mol. The van der Waals surface area contributed by atoms with E-state index in [1.54, 1.807) is 0 Å². The normalized spacial score (nSPS) is 10.8. The summed E-state index contributed by atoms with van der Waals surface area (Å²) < 4.78 is 26.1. The third-order valence-corrected chi connectivity index (χ3v) is 3.82. The van der Waals surface area contributed by atoms with E-state index in [4.69, 9.17) is 0 Å². The van der Waals surface area contributed by atoms with Crippen LogP contribution in [0.2, 0.25) is 0 Å². The van der Waals surface area contributed by atoms with Crippen molar-refractivity contribution in [1.29, 1.82) is 0 Å². The van der Waals surface area contributed by atoms with Crippen molar-refractivity contribution in [2.24, 2.45) is 0 Å². The van der Waals surface area contributed by atoms with Crippen LogP contribution in [0.25, 0.3) is 0 Å². The van der Waals surface area contributed by atoms with Crippen LogP contribution in [0.4, 0.5) is 5.69 Å². The zero-order valence-electron chi connectivity index (χ0n) is 11.0. The van der Waals surface area contributed by atoms with Crippen LogP contribution >= 0.6 is 12.4 Å². The number of hydrogen-bond donors (Lipinski definition) is 2. The largest absolute Gasteiger partial charge is 0.315 e. The molecule has 2 N–H and O–H groups in total. The van der Waals surface area contributed by atoms with Crippen LogP contribution in [0.15, 0.2) is 29.2 Å². The van der Waals surface area contributed by atoms with Gasteiger partial charge in [-0.3, -0.25) is 10.1 Å². The number of non-ortho nitro benzene ring substituents is 1. The second-order valence-corrected chi connectivity index (χ2v) is 5.67. The number of nitro benzene ring substituents is 1. The lowest BCUT2D eigenvalue weighted by atomic mass is 10.3. The molecule has 1 aromatic carbocycles. The van der Waals surface area contributed by atoms with Crippen LogP contribution < -0.4 is 10.0 Å². The Labute approximate surface area is 124 Å². The van der Waals surface area contributed by atoms with Crippen LogP contribution in [0.5, 0.6) is 0 Å². The molecule has 0 unspecified atom stereocenters. The molecule has 0 aliphatic rings. The molecule has 0 aliphatic carbocycles. The van der Waals surface area contributed by atoms with Gasteiger partial charge in [-0.05, 0) is 19.0 Å². The van der Waals surface area contributed by atoms with Crippen molar-refractivity contribution in [3.63, 3.8) is 0 Å². The van der Waals surface area contributed by atoms with Crippen molar-refractivity contribution in [1.82, 2.24) is 10.0 Å². The van der Waals surface area contributed by atoms with Crippen molar-refractivity contribution in [3.05, 3.63) is 34.4 Å². The number of hydrogen-bond acceptors (Lipinski definition) is 5. The number of rotatable bonds is 8. The number of sulfonamides is 1. The number of benzene rings is 1. The molecule has 1 rings (SSSR count). The first-order valence-corrected chi connectivity index (χ1v) is 7.40. The second-order valence-electron chi connectivity index (χ2n) is 3.90. The first-order valence-electron chi connectivity index (χ1n) is 5.92. The van der Waals surface area contributed by atoms with Gasteiger partial charge in [0.05, 0.1) is 9.82 Å². The highest BCUT2D eigenvalue weighted by Gasteiger charge is 2.16. The van der Waals surface area contributed by atoms with Gasteiger partial charge < -0.3 is 5.32 Å². The van der Waals surface area contributed by atoms with E-state index in [0.29, 0.717) is 6.54 Å². The van der Waals surface area contributed by atoms with Crippen LogP contribution in [0, 0.1) is 10.1 Å². The van der Waals surface area contributed by atoms with Crippen molar-refractivity contribution < 1.29 is 13.3 Å². The van der Waals surface area contributed by atoms with Gasteiger partial charge in [0, 0.05) is 25.2 Å². The molecule has 0 aliphatic heterocycles. The molecule has 0 saturated carbocycles. The monoisotopic (exact) mass is 323 g/mol. The maximum absolute atomic E-state index is 11.9. The first kappa shape index (κ1) is 18.8. The maximum Gasteiger partial charge on any atom is 0.270 e. The van der Waals surface area contributed by atoms with E-state index in [-0.39, 0.29) is 29.5 Å². The van der Waals surface area contributed by atoms with E-state index >= 15 is 0 Å². The molecule has 1 aromatic rings. The molecule has 0 fully saturated rings.